The third-order valence-electron chi connectivity index (χ3n) is 2.52. The van der Waals surface area contributed by atoms with Gasteiger partial charge in [0.2, 0.25) is 0 Å². The molecule has 0 fully saturated rings. The number of ether oxygens (including phenoxy) is 2. The molecule has 0 aliphatic carbocycles. The Kier molecular flexibility index (Phi) is 3.89. The highest BCUT2D eigenvalue weighted by Gasteiger charge is 2.06. The summed E-state index contributed by atoms with van der Waals surface area (Å²) in [5.74, 6) is 1.67. The predicted molar refractivity (Wildman–Crippen MR) is 73.3 cm³/mol. The molecular formula is C15H14N2O2. The molecule has 0 amide bonds. The Bertz CT molecular complexity index is 618. The van der Waals surface area contributed by atoms with Gasteiger partial charge in [-0.25, -0.2) is 0 Å². The Hall–Kier alpha value is -2.67. The smallest absolute Gasteiger partial charge is 0.145 e. The van der Waals surface area contributed by atoms with Gasteiger partial charge in [0, 0.05) is 6.07 Å². The molecule has 2 N–H and O–H groups in total. The van der Waals surface area contributed by atoms with E-state index in [4.69, 9.17) is 20.5 Å². The summed E-state index contributed by atoms with van der Waals surface area (Å²) in [4.78, 5) is 0. The maximum atomic E-state index is 9.00. The van der Waals surface area contributed by atoms with Gasteiger partial charge in [-0.15, -0.1) is 0 Å². The van der Waals surface area contributed by atoms with Crippen LogP contribution in [0, 0.1) is 11.3 Å². The lowest BCUT2D eigenvalue weighted by Crippen LogP contribution is -1.97. The molecule has 19 heavy (non-hydrogen) atoms. The molecule has 0 spiro atoms. The normalized spacial score (nSPS) is 9.68. The van der Waals surface area contributed by atoms with Crippen molar-refractivity contribution in [2.75, 3.05) is 12.3 Å². The summed E-state index contributed by atoms with van der Waals surface area (Å²) < 4.78 is 11.1. The maximum Gasteiger partial charge on any atom is 0.145 e. The number of nitriles is 1. The fourth-order valence-corrected chi connectivity index (χ4v) is 1.63. The number of hydrogen-bond donors (Lipinski definition) is 1. The Morgan fingerprint density at radius 3 is 2.68 bits per heavy atom. The van der Waals surface area contributed by atoms with Crippen LogP contribution in [-0.2, 0) is 0 Å². The van der Waals surface area contributed by atoms with Crippen molar-refractivity contribution in [3.63, 3.8) is 0 Å². The minimum absolute atomic E-state index is 0.484. The zero-order valence-corrected chi connectivity index (χ0v) is 10.6. The molecule has 0 aliphatic rings. The van der Waals surface area contributed by atoms with Gasteiger partial charge in [-0.2, -0.15) is 5.26 Å². The number of nitrogens with two attached hydrogens (primary N) is 1. The van der Waals surface area contributed by atoms with E-state index in [9.17, 15) is 0 Å². The Labute approximate surface area is 112 Å². The zero-order chi connectivity index (χ0) is 13.7. The first-order valence-electron chi connectivity index (χ1n) is 5.94. The summed E-state index contributed by atoms with van der Waals surface area (Å²) in [5.41, 5.74) is 6.83. The van der Waals surface area contributed by atoms with Crippen LogP contribution < -0.4 is 15.2 Å². The van der Waals surface area contributed by atoms with Gasteiger partial charge in [0.05, 0.1) is 17.9 Å². The first-order chi connectivity index (χ1) is 9.24. The van der Waals surface area contributed by atoms with Crippen LogP contribution in [0.15, 0.2) is 42.5 Å². The number of benzene rings is 2. The van der Waals surface area contributed by atoms with E-state index in [0.29, 0.717) is 35.1 Å². The van der Waals surface area contributed by atoms with Crippen molar-refractivity contribution < 1.29 is 9.47 Å². The number of para-hydroxylation sites is 1. The maximum absolute atomic E-state index is 9.00. The summed E-state index contributed by atoms with van der Waals surface area (Å²) in [6, 6.07) is 14.3. The summed E-state index contributed by atoms with van der Waals surface area (Å²) >= 11 is 0. The number of anilines is 1. The van der Waals surface area contributed by atoms with E-state index in [2.05, 4.69) is 6.07 Å². The fourth-order valence-electron chi connectivity index (χ4n) is 1.63. The first kappa shape index (κ1) is 12.8. The van der Waals surface area contributed by atoms with Crippen molar-refractivity contribution in [3.8, 4) is 23.3 Å². The van der Waals surface area contributed by atoms with E-state index in [1.165, 1.54) is 0 Å². The van der Waals surface area contributed by atoms with Crippen molar-refractivity contribution >= 4 is 5.69 Å². The Morgan fingerprint density at radius 1 is 1.16 bits per heavy atom. The predicted octanol–water partition coefficient (Wildman–Crippen LogP) is 3.33. The van der Waals surface area contributed by atoms with E-state index >= 15 is 0 Å². The van der Waals surface area contributed by atoms with Gasteiger partial charge in [-0.3, -0.25) is 0 Å². The van der Waals surface area contributed by atoms with Crippen molar-refractivity contribution in [3.05, 3.63) is 48.0 Å². The lowest BCUT2D eigenvalue weighted by atomic mass is 10.2. The Balaban J connectivity index is 2.29. The van der Waals surface area contributed by atoms with Crippen LogP contribution in [0.3, 0.4) is 0 Å². The molecule has 0 bridgehead atoms. The molecule has 2 aromatic rings. The monoisotopic (exact) mass is 254 g/mol. The summed E-state index contributed by atoms with van der Waals surface area (Å²) in [7, 11) is 0. The number of hydrogen-bond acceptors (Lipinski definition) is 4. The van der Waals surface area contributed by atoms with E-state index in [-0.39, 0.29) is 0 Å². The van der Waals surface area contributed by atoms with E-state index < -0.39 is 0 Å². The van der Waals surface area contributed by atoms with Gasteiger partial charge >= 0.3 is 0 Å². The Morgan fingerprint density at radius 2 is 1.95 bits per heavy atom. The summed E-state index contributed by atoms with van der Waals surface area (Å²) in [6.07, 6.45) is 0. The second-order valence-corrected chi connectivity index (χ2v) is 3.84. The van der Waals surface area contributed by atoms with Crippen LogP contribution in [-0.4, -0.2) is 6.61 Å². The van der Waals surface area contributed by atoms with Crippen LogP contribution in [0.1, 0.15) is 12.5 Å². The second-order valence-electron chi connectivity index (χ2n) is 3.84. The highest BCUT2D eigenvalue weighted by Crippen LogP contribution is 2.31. The molecule has 0 aromatic heterocycles. The molecule has 0 atom stereocenters. The molecule has 2 aromatic carbocycles. The first-order valence-corrected chi connectivity index (χ1v) is 5.94. The highest BCUT2D eigenvalue weighted by molar-refractivity contribution is 5.56. The quantitative estimate of drug-likeness (QED) is 0.850. The van der Waals surface area contributed by atoms with E-state index in [1.54, 1.807) is 36.4 Å². The lowest BCUT2D eigenvalue weighted by Gasteiger charge is -2.11. The van der Waals surface area contributed by atoms with Gasteiger partial charge in [0.1, 0.15) is 23.3 Å². The minimum atomic E-state index is 0.484. The lowest BCUT2D eigenvalue weighted by molar-refractivity contribution is 0.340. The van der Waals surface area contributed by atoms with Gasteiger partial charge in [0.25, 0.3) is 0 Å². The van der Waals surface area contributed by atoms with Gasteiger partial charge in [-0.1, -0.05) is 12.1 Å². The van der Waals surface area contributed by atoms with Crippen LogP contribution in [0.5, 0.6) is 17.2 Å². The third-order valence-corrected chi connectivity index (χ3v) is 2.52. The van der Waals surface area contributed by atoms with Gasteiger partial charge < -0.3 is 15.2 Å². The van der Waals surface area contributed by atoms with Crippen LogP contribution in [0.25, 0.3) is 0 Å². The fraction of sp³-hybridized carbons (Fsp3) is 0.133. The number of rotatable bonds is 4. The third kappa shape index (κ3) is 2.96. The largest absolute Gasteiger partial charge is 0.492 e. The van der Waals surface area contributed by atoms with Crippen LogP contribution >= 0.6 is 0 Å². The average molecular weight is 254 g/mol. The van der Waals surface area contributed by atoms with E-state index in [1.807, 2.05) is 13.0 Å². The summed E-state index contributed by atoms with van der Waals surface area (Å²) in [5, 5.41) is 9.00. The molecule has 0 unspecified atom stereocenters. The van der Waals surface area contributed by atoms with Crippen molar-refractivity contribution in [1.29, 1.82) is 5.26 Å². The molecular weight excluding hydrogens is 240 g/mol. The second kappa shape index (κ2) is 5.78. The molecule has 96 valence electrons. The topological polar surface area (TPSA) is 68.3 Å². The standard InChI is InChI=1S/C15H14N2O2/c1-2-18-15-9-12(7-8-13(15)17)19-14-6-4-3-5-11(14)10-16/h3-9H,2,17H2,1H3. The molecule has 0 radical (unpaired) electrons. The molecule has 2 rings (SSSR count). The SMILES string of the molecule is CCOc1cc(Oc2ccccc2C#N)ccc1N. The van der Waals surface area contributed by atoms with Crippen molar-refractivity contribution in [2.24, 2.45) is 0 Å². The number of nitrogens with zero attached hydrogens (tertiary/aromatic N) is 1. The molecule has 0 heterocycles. The minimum Gasteiger partial charge on any atom is -0.492 e. The molecule has 0 saturated carbocycles. The van der Waals surface area contributed by atoms with Gasteiger partial charge in [-0.05, 0) is 31.2 Å². The average Bonchev–Trinajstić information content (AvgIpc) is 2.43. The van der Waals surface area contributed by atoms with Crippen LogP contribution in [0.4, 0.5) is 5.69 Å². The van der Waals surface area contributed by atoms with Crippen molar-refractivity contribution in [1.82, 2.24) is 0 Å². The van der Waals surface area contributed by atoms with Crippen LogP contribution in [0.2, 0.25) is 0 Å². The molecule has 0 saturated heterocycles. The number of nitrogen functional groups attached to an aromatic ring is 1. The highest BCUT2D eigenvalue weighted by atomic mass is 16.5. The van der Waals surface area contributed by atoms with Crippen molar-refractivity contribution in [2.45, 2.75) is 6.92 Å². The van der Waals surface area contributed by atoms with Gasteiger partial charge in [0.15, 0.2) is 0 Å². The molecule has 4 nitrogen and oxygen atoms in total. The molecule has 4 heteroatoms. The van der Waals surface area contributed by atoms with E-state index in [0.717, 1.165) is 0 Å². The zero-order valence-electron chi connectivity index (χ0n) is 10.6. The molecule has 0 aliphatic heterocycles. The summed E-state index contributed by atoms with van der Waals surface area (Å²) in [6.45, 7) is 2.42.